The van der Waals surface area contributed by atoms with Gasteiger partial charge in [0.25, 0.3) is 5.56 Å². The van der Waals surface area contributed by atoms with E-state index in [1.165, 1.54) is 0 Å². The van der Waals surface area contributed by atoms with Gasteiger partial charge in [-0.2, -0.15) is 0 Å². The van der Waals surface area contributed by atoms with Gasteiger partial charge in [0.05, 0.1) is 5.69 Å². The standard InChI is InChI=1S/C12H10Br3N3O/c1-5(2)9-8(15)12(19)18-11(17-9)10-7(14)3-6(13)4-16-10/h3-5H,1-2H3,(H,17,18,19). The first kappa shape index (κ1) is 14.9. The Kier molecular flexibility index (Phi) is 4.58. The third-order valence-electron chi connectivity index (χ3n) is 2.47. The number of aromatic amines is 1. The van der Waals surface area contributed by atoms with Gasteiger partial charge in [-0.25, -0.2) is 4.98 Å². The maximum atomic E-state index is 11.9. The molecule has 0 radical (unpaired) electrons. The van der Waals surface area contributed by atoms with Crippen molar-refractivity contribution in [2.45, 2.75) is 19.8 Å². The zero-order valence-corrected chi connectivity index (χ0v) is 14.9. The van der Waals surface area contributed by atoms with Crippen molar-refractivity contribution < 1.29 is 0 Å². The van der Waals surface area contributed by atoms with Crippen LogP contribution in [0.25, 0.3) is 11.5 Å². The first-order valence-corrected chi connectivity index (χ1v) is 7.89. The van der Waals surface area contributed by atoms with Crippen LogP contribution in [0.1, 0.15) is 25.5 Å². The summed E-state index contributed by atoms with van der Waals surface area (Å²) in [7, 11) is 0. The van der Waals surface area contributed by atoms with E-state index in [1.54, 1.807) is 6.20 Å². The average molecular weight is 452 g/mol. The molecule has 1 N–H and O–H groups in total. The summed E-state index contributed by atoms with van der Waals surface area (Å²) in [6, 6.07) is 1.86. The van der Waals surface area contributed by atoms with Gasteiger partial charge in [-0.15, -0.1) is 0 Å². The number of hydrogen-bond acceptors (Lipinski definition) is 3. The summed E-state index contributed by atoms with van der Waals surface area (Å²) in [5.74, 6) is 0.598. The second-order valence-electron chi connectivity index (χ2n) is 4.25. The van der Waals surface area contributed by atoms with Crippen molar-refractivity contribution in [1.82, 2.24) is 15.0 Å². The van der Waals surface area contributed by atoms with E-state index >= 15 is 0 Å². The Morgan fingerprint density at radius 3 is 2.53 bits per heavy atom. The van der Waals surface area contributed by atoms with Crippen molar-refractivity contribution in [3.63, 3.8) is 0 Å². The minimum absolute atomic E-state index is 0.143. The van der Waals surface area contributed by atoms with Gasteiger partial charge in [-0.3, -0.25) is 9.78 Å². The van der Waals surface area contributed by atoms with Crippen LogP contribution in [0.2, 0.25) is 0 Å². The van der Waals surface area contributed by atoms with Crippen LogP contribution in [-0.2, 0) is 0 Å². The highest BCUT2D eigenvalue weighted by Crippen LogP contribution is 2.27. The van der Waals surface area contributed by atoms with Crippen molar-refractivity contribution in [3.8, 4) is 11.5 Å². The highest BCUT2D eigenvalue weighted by molar-refractivity contribution is 9.11. The molecule has 0 spiro atoms. The zero-order chi connectivity index (χ0) is 14.2. The van der Waals surface area contributed by atoms with E-state index in [1.807, 2.05) is 19.9 Å². The lowest BCUT2D eigenvalue weighted by molar-refractivity contribution is 0.802. The van der Waals surface area contributed by atoms with Crippen LogP contribution in [0.5, 0.6) is 0 Å². The van der Waals surface area contributed by atoms with Crippen LogP contribution in [0, 0.1) is 0 Å². The lowest BCUT2D eigenvalue weighted by Gasteiger charge is -2.10. The zero-order valence-electron chi connectivity index (χ0n) is 10.2. The molecule has 0 fully saturated rings. The molecule has 0 aliphatic heterocycles. The van der Waals surface area contributed by atoms with E-state index < -0.39 is 0 Å². The summed E-state index contributed by atoms with van der Waals surface area (Å²) in [6.45, 7) is 3.97. The van der Waals surface area contributed by atoms with E-state index in [-0.39, 0.29) is 11.5 Å². The van der Waals surface area contributed by atoms with Crippen LogP contribution in [0.15, 0.2) is 30.5 Å². The highest BCUT2D eigenvalue weighted by atomic mass is 79.9. The molecule has 0 amide bonds. The third kappa shape index (κ3) is 3.14. The maximum Gasteiger partial charge on any atom is 0.265 e. The smallest absolute Gasteiger partial charge is 0.265 e. The Morgan fingerprint density at radius 2 is 1.95 bits per heavy atom. The second kappa shape index (κ2) is 5.85. The molecule has 100 valence electrons. The fourth-order valence-electron chi connectivity index (χ4n) is 1.56. The third-order valence-corrected chi connectivity index (χ3v) is 4.27. The lowest BCUT2D eigenvalue weighted by Crippen LogP contribution is -2.15. The Morgan fingerprint density at radius 1 is 1.26 bits per heavy atom. The molecule has 2 aromatic rings. The molecule has 2 aromatic heterocycles. The number of halogens is 3. The molecule has 0 aliphatic rings. The Bertz CT molecular complexity index is 682. The number of nitrogens with one attached hydrogen (secondary N) is 1. The Balaban J connectivity index is 2.66. The minimum Gasteiger partial charge on any atom is -0.304 e. The fraction of sp³-hybridized carbons (Fsp3) is 0.250. The van der Waals surface area contributed by atoms with Crippen LogP contribution < -0.4 is 5.56 Å². The van der Waals surface area contributed by atoms with Gasteiger partial charge in [0.15, 0.2) is 5.82 Å². The summed E-state index contributed by atoms with van der Waals surface area (Å²) in [5.41, 5.74) is 1.12. The van der Waals surface area contributed by atoms with Crippen molar-refractivity contribution in [3.05, 3.63) is 41.7 Å². The molecular formula is C12H10Br3N3O. The van der Waals surface area contributed by atoms with Crippen molar-refractivity contribution in [1.29, 1.82) is 0 Å². The normalized spacial score (nSPS) is 11.1. The average Bonchev–Trinajstić information content (AvgIpc) is 2.32. The quantitative estimate of drug-likeness (QED) is 0.742. The fourth-order valence-corrected chi connectivity index (χ4v) is 3.38. The molecule has 4 nitrogen and oxygen atoms in total. The van der Waals surface area contributed by atoms with Gasteiger partial charge in [0.1, 0.15) is 10.2 Å². The first-order chi connectivity index (χ1) is 8.90. The molecule has 2 rings (SSSR count). The molecule has 0 atom stereocenters. The Hall–Kier alpha value is -0.530. The second-order valence-corrected chi connectivity index (χ2v) is 6.82. The monoisotopic (exact) mass is 449 g/mol. The van der Waals surface area contributed by atoms with Gasteiger partial charge in [-0.05, 0) is 59.8 Å². The molecule has 7 heteroatoms. The van der Waals surface area contributed by atoms with E-state index in [0.717, 1.165) is 14.6 Å². The molecule has 19 heavy (non-hydrogen) atoms. The number of nitrogens with zero attached hydrogens (tertiary/aromatic N) is 2. The minimum atomic E-state index is -0.203. The van der Waals surface area contributed by atoms with Gasteiger partial charge >= 0.3 is 0 Å². The molecule has 0 saturated carbocycles. The summed E-state index contributed by atoms with van der Waals surface area (Å²) in [4.78, 5) is 23.4. The van der Waals surface area contributed by atoms with Crippen molar-refractivity contribution in [2.75, 3.05) is 0 Å². The number of H-pyrrole nitrogens is 1. The van der Waals surface area contributed by atoms with Gasteiger partial charge < -0.3 is 4.98 Å². The summed E-state index contributed by atoms with van der Waals surface area (Å²) < 4.78 is 2.09. The number of aromatic nitrogens is 3. The number of hydrogen-bond donors (Lipinski definition) is 1. The topological polar surface area (TPSA) is 58.6 Å². The van der Waals surface area contributed by atoms with E-state index in [4.69, 9.17) is 0 Å². The molecule has 0 unspecified atom stereocenters. The molecule has 0 bridgehead atoms. The first-order valence-electron chi connectivity index (χ1n) is 5.51. The van der Waals surface area contributed by atoms with Gasteiger partial charge in [0.2, 0.25) is 0 Å². The Labute approximate surface area is 135 Å². The predicted molar refractivity (Wildman–Crippen MR) is 85.3 cm³/mol. The molecule has 0 aromatic carbocycles. The maximum absolute atomic E-state index is 11.9. The van der Waals surface area contributed by atoms with Crippen LogP contribution in [-0.4, -0.2) is 15.0 Å². The summed E-state index contributed by atoms with van der Waals surface area (Å²) in [6.07, 6.45) is 1.66. The van der Waals surface area contributed by atoms with E-state index in [9.17, 15) is 4.79 Å². The predicted octanol–water partition coefficient (Wildman–Crippen LogP) is 4.24. The largest absolute Gasteiger partial charge is 0.304 e. The van der Waals surface area contributed by atoms with Crippen molar-refractivity contribution in [2.24, 2.45) is 0 Å². The molecular weight excluding hydrogens is 442 g/mol. The van der Waals surface area contributed by atoms with E-state index in [2.05, 4.69) is 62.7 Å². The van der Waals surface area contributed by atoms with Crippen LogP contribution in [0.4, 0.5) is 0 Å². The van der Waals surface area contributed by atoms with Crippen LogP contribution in [0.3, 0.4) is 0 Å². The molecule has 2 heterocycles. The molecule has 0 aliphatic carbocycles. The highest BCUT2D eigenvalue weighted by Gasteiger charge is 2.15. The summed E-state index contributed by atoms with van der Waals surface area (Å²) in [5, 5.41) is 0. The van der Waals surface area contributed by atoms with Crippen LogP contribution >= 0.6 is 47.8 Å². The number of rotatable bonds is 2. The SMILES string of the molecule is CC(C)c1nc(-c2ncc(Br)cc2Br)[nH]c(=O)c1Br. The van der Waals surface area contributed by atoms with E-state index in [0.29, 0.717) is 16.0 Å². The molecule has 0 saturated heterocycles. The van der Waals surface area contributed by atoms with Gasteiger partial charge in [-0.1, -0.05) is 13.8 Å². The number of pyridine rings is 1. The van der Waals surface area contributed by atoms with Crippen molar-refractivity contribution >= 4 is 47.8 Å². The van der Waals surface area contributed by atoms with Gasteiger partial charge in [0, 0.05) is 15.1 Å². The lowest BCUT2D eigenvalue weighted by atomic mass is 10.1. The summed E-state index contributed by atoms with van der Waals surface area (Å²) >= 11 is 10.0.